The van der Waals surface area contributed by atoms with Crippen LogP contribution in [0.2, 0.25) is 0 Å². The molecule has 0 aromatic carbocycles. The standard InChI is InChI=1S/C8H16O2.Pd/c1-3-5-6-7-8(9)10-4-2;/h3-7H2,1-2H3;. The first-order valence-corrected chi connectivity index (χ1v) is 3.96. The van der Waals surface area contributed by atoms with Crippen LogP contribution in [0.1, 0.15) is 39.5 Å². The molecule has 0 heterocycles. The normalized spacial score (nSPS) is 8.55. The molecule has 0 saturated heterocycles. The zero-order chi connectivity index (χ0) is 7.82. The second-order valence-electron chi connectivity index (χ2n) is 2.26. The van der Waals surface area contributed by atoms with E-state index in [9.17, 15) is 4.79 Å². The molecule has 0 N–H and O–H groups in total. The first-order valence-electron chi connectivity index (χ1n) is 3.96. The molecule has 0 bridgehead atoms. The van der Waals surface area contributed by atoms with Gasteiger partial charge in [-0.25, -0.2) is 0 Å². The van der Waals surface area contributed by atoms with Crippen molar-refractivity contribution in [3.8, 4) is 0 Å². The average molecular weight is 251 g/mol. The van der Waals surface area contributed by atoms with Crippen LogP contribution in [-0.4, -0.2) is 12.6 Å². The molecule has 11 heavy (non-hydrogen) atoms. The van der Waals surface area contributed by atoms with Gasteiger partial charge in [-0.1, -0.05) is 19.8 Å². The number of carbonyl (C=O) groups is 1. The molecule has 0 unspecified atom stereocenters. The van der Waals surface area contributed by atoms with Crippen LogP contribution in [0.3, 0.4) is 0 Å². The molecule has 0 aliphatic heterocycles. The van der Waals surface area contributed by atoms with E-state index in [1.165, 1.54) is 0 Å². The fraction of sp³-hybridized carbons (Fsp3) is 0.875. The Morgan fingerprint density at radius 1 is 1.27 bits per heavy atom. The minimum atomic E-state index is -0.0593. The number of hydrogen-bond acceptors (Lipinski definition) is 2. The zero-order valence-corrected chi connectivity index (χ0v) is 8.72. The Morgan fingerprint density at radius 3 is 2.36 bits per heavy atom. The van der Waals surface area contributed by atoms with Crippen molar-refractivity contribution in [2.24, 2.45) is 0 Å². The number of carbonyl (C=O) groups excluding carboxylic acids is 1. The van der Waals surface area contributed by atoms with Crippen LogP contribution in [0.5, 0.6) is 0 Å². The van der Waals surface area contributed by atoms with Gasteiger partial charge in [0, 0.05) is 26.8 Å². The average Bonchev–Trinajstić information content (AvgIpc) is 1.89. The summed E-state index contributed by atoms with van der Waals surface area (Å²) in [5, 5.41) is 0. The summed E-state index contributed by atoms with van der Waals surface area (Å²) in [5.74, 6) is -0.0593. The molecule has 0 spiro atoms. The second-order valence-corrected chi connectivity index (χ2v) is 2.26. The molecular weight excluding hydrogens is 235 g/mol. The first kappa shape index (κ1) is 13.7. The van der Waals surface area contributed by atoms with E-state index in [1.54, 1.807) is 0 Å². The summed E-state index contributed by atoms with van der Waals surface area (Å²) < 4.78 is 4.75. The van der Waals surface area contributed by atoms with Crippen LogP contribution >= 0.6 is 0 Å². The molecule has 2 nitrogen and oxygen atoms in total. The van der Waals surface area contributed by atoms with Gasteiger partial charge in [0.05, 0.1) is 6.61 Å². The summed E-state index contributed by atoms with van der Waals surface area (Å²) in [5.41, 5.74) is 0. The minimum absolute atomic E-state index is 0. The first-order chi connectivity index (χ1) is 4.81. The van der Waals surface area contributed by atoms with E-state index in [0.717, 1.165) is 19.3 Å². The predicted octanol–water partition coefficient (Wildman–Crippen LogP) is 2.13. The van der Waals surface area contributed by atoms with Gasteiger partial charge in [-0.05, 0) is 13.3 Å². The van der Waals surface area contributed by atoms with Crippen molar-refractivity contribution in [1.29, 1.82) is 0 Å². The smallest absolute Gasteiger partial charge is 0.305 e. The summed E-state index contributed by atoms with van der Waals surface area (Å²) in [6.45, 7) is 4.45. The molecule has 0 aromatic rings. The van der Waals surface area contributed by atoms with Crippen LogP contribution in [0.15, 0.2) is 0 Å². The Labute approximate surface area is 82.3 Å². The fourth-order valence-electron chi connectivity index (χ4n) is 0.752. The maximum atomic E-state index is 10.7. The summed E-state index contributed by atoms with van der Waals surface area (Å²) in [6, 6.07) is 0. The quantitative estimate of drug-likeness (QED) is 0.424. The number of hydrogen-bond donors (Lipinski definition) is 0. The fourth-order valence-corrected chi connectivity index (χ4v) is 0.752. The van der Waals surface area contributed by atoms with Crippen molar-refractivity contribution < 1.29 is 30.0 Å². The second kappa shape index (κ2) is 10.1. The summed E-state index contributed by atoms with van der Waals surface area (Å²) >= 11 is 0. The van der Waals surface area contributed by atoms with E-state index in [1.807, 2.05) is 6.92 Å². The Bertz CT molecular complexity index is 94.1. The minimum Gasteiger partial charge on any atom is -0.466 e. The maximum Gasteiger partial charge on any atom is 0.305 e. The molecule has 0 rings (SSSR count). The molecule has 0 saturated carbocycles. The van der Waals surface area contributed by atoms with E-state index in [-0.39, 0.29) is 26.4 Å². The topological polar surface area (TPSA) is 26.3 Å². The molecule has 0 radical (unpaired) electrons. The molecular formula is C8H16O2Pd. The maximum absolute atomic E-state index is 10.7. The third-order valence-corrected chi connectivity index (χ3v) is 1.29. The van der Waals surface area contributed by atoms with E-state index in [4.69, 9.17) is 4.74 Å². The Balaban J connectivity index is 0. The van der Waals surface area contributed by atoms with Gasteiger partial charge < -0.3 is 4.74 Å². The van der Waals surface area contributed by atoms with Gasteiger partial charge in [0.1, 0.15) is 0 Å². The third kappa shape index (κ3) is 10.1. The van der Waals surface area contributed by atoms with Crippen molar-refractivity contribution in [2.45, 2.75) is 39.5 Å². The van der Waals surface area contributed by atoms with Crippen LogP contribution < -0.4 is 0 Å². The van der Waals surface area contributed by atoms with E-state index in [2.05, 4.69) is 6.92 Å². The molecule has 0 atom stereocenters. The summed E-state index contributed by atoms with van der Waals surface area (Å²) in [4.78, 5) is 10.7. The van der Waals surface area contributed by atoms with Gasteiger partial charge in [-0.15, -0.1) is 0 Å². The van der Waals surface area contributed by atoms with Crippen LogP contribution in [0.4, 0.5) is 0 Å². The SMILES string of the molecule is CCCCCC(=O)OCC.[Pd]. The predicted molar refractivity (Wildman–Crippen MR) is 40.8 cm³/mol. The molecule has 0 fully saturated rings. The monoisotopic (exact) mass is 250 g/mol. The van der Waals surface area contributed by atoms with Crippen LogP contribution in [0.25, 0.3) is 0 Å². The molecule has 3 heteroatoms. The van der Waals surface area contributed by atoms with Crippen molar-refractivity contribution in [3.05, 3.63) is 0 Å². The van der Waals surface area contributed by atoms with Crippen molar-refractivity contribution in [1.82, 2.24) is 0 Å². The van der Waals surface area contributed by atoms with Gasteiger partial charge in [-0.3, -0.25) is 4.79 Å². The molecule has 0 aliphatic rings. The number of unbranched alkanes of at least 4 members (excludes halogenated alkanes) is 2. The van der Waals surface area contributed by atoms with E-state index in [0.29, 0.717) is 13.0 Å². The summed E-state index contributed by atoms with van der Waals surface area (Å²) in [7, 11) is 0. The van der Waals surface area contributed by atoms with Crippen molar-refractivity contribution >= 4 is 5.97 Å². The molecule has 0 amide bonds. The molecule has 70 valence electrons. The van der Waals surface area contributed by atoms with Gasteiger partial charge in [0.25, 0.3) is 0 Å². The summed E-state index contributed by atoms with van der Waals surface area (Å²) in [6.07, 6.45) is 3.83. The van der Waals surface area contributed by atoms with Gasteiger partial charge in [0.15, 0.2) is 0 Å². The Kier molecular flexibility index (Phi) is 12.6. The largest absolute Gasteiger partial charge is 0.466 e. The van der Waals surface area contributed by atoms with E-state index >= 15 is 0 Å². The molecule has 0 aliphatic carbocycles. The van der Waals surface area contributed by atoms with Gasteiger partial charge in [0.2, 0.25) is 0 Å². The van der Waals surface area contributed by atoms with Crippen molar-refractivity contribution in [2.75, 3.05) is 6.61 Å². The van der Waals surface area contributed by atoms with Crippen LogP contribution in [-0.2, 0) is 30.0 Å². The Morgan fingerprint density at radius 2 is 1.91 bits per heavy atom. The number of ether oxygens (including phenoxy) is 1. The molecule has 0 aromatic heterocycles. The van der Waals surface area contributed by atoms with Gasteiger partial charge >= 0.3 is 5.97 Å². The van der Waals surface area contributed by atoms with Gasteiger partial charge in [-0.2, -0.15) is 0 Å². The van der Waals surface area contributed by atoms with Crippen molar-refractivity contribution in [3.63, 3.8) is 0 Å². The number of esters is 1. The zero-order valence-electron chi connectivity index (χ0n) is 7.17. The van der Waals surface area contributed by atoms with E-state index < -0.39 is 0 Å². The Hall–Kier alpha value is 0.132. The third-order valence-electron chi connectivity index (χ3n) is 1.29. The van der Waals surface area contributed by atoms with Crippen LogP contribution in [0, 0.1) is 0 Å². The number of rotatable bonds is 5.